The lowest BCUT2D eigenvalue weighted by atomic mass is 9.91. The minimum atomic E-state index is 0.00606. The summed E-state index contributed by atoms with van der Waals surface area (Å²) >= 11 is 0. The Morgan fingerprint density at radius 1 is 1.47 bits per heavy atom. The number of nitrogen functional groups attached to an aromatic ring is 1. The van der Waals surface area contributed by atoms with Crippen molar-refractivity contribution in [2.45, 2.75) is 25.3 Å². The second-order valence-corrected chi connectivity index (χ2v) is 4.46. The number of carbonyl (C=O) groups is 1. The van der Waals surface area contributed by atoms with E-state index in [-0.39, 0.29) is 5.91 Å². The third-order valence-electron chi connectivity index (χ3n) is 3.40. The fourth-order valence-electron chi connectivity index (χ4n) is 2.01. The number of ether oxygens (including phenoxy) is 1. The van der Waals surface area contributed by atoms with E-state index in [1.807, 2.05) is 7.05 Å². The van der Waals surface area contributed by atoms with E-state index in [1.165, 1.54) is 6.42 Å². The lowest BCUT2D eigenvalue weighted by molar-refractivity contribution is 0.0649. The van der Waals surface area contributed by atoms with Crippen molar-refractivity contribution in [3.63, 3.8) is 0 Å². The molecule has 0 saturated heterocycles. The molecule has 1 fully saturated rings. The third kappa shape index (κ3) is 2.20. The van der Waals surface area contributed by atoms with Gasteiger partial charge in [0.25, 0.3) is 5.91 Å². The van der Waals surface area contributed by atoms with Crippen molar-refractivity contribution in [2.24, 2.45) is 0 Å². The monoisotopic (exact) mass is 234 g/mol. The molecule has 0 aliphatic heterocycles. The summed E-state index contributed by atoms with van der Waals surface area (Å²) in [5.74, 6) is 0.549. The van der Waals surface area contributed by atoms with E-state index in [2.05, 4.69) is 0 Å². The Hall–Kier alpha value is -1.71. The molecule has 1 amide bonds. The predicted octanol–water partition coefficient (Wildman–Crippen LogP) is 1.90. The highest BCUT2D eigenvalue weighted by molar-refractivity contribution is 5.97. The Bertz CT molecular complexity index is 427. The van der Waals surface area contributed by atoms with Crippen molar-refractivity contribution < 1.29 is 9.53 Å². The molecule has 2 rings (SSSR count). The number of amides is 1. The molecular formula is C13H18N2O2. The largest absolute Gasteiger partial charge is 0.496 e. The van der Waals surface area contributed by atoms with Gasteiger partial charge in [-0.05, 0) is 31.4 Å². The Kier molecular flexibility index (Phi) is 3.22. The molecule has 17 heavy (non-hydrogen) atoms. The Balaban J connectivity index is 2.23. The highest BCUT2D eigenvalue weighted by Gasteiger charge is 2.27. The van der Waals surface area contributed by atoms with Crippen LogP contribution >= 0.6 is 0 Å². The minimum absolute atomic E-state index is 0.00606. The van der Waals surface area contributed by atoms with Crippen LogP contribution in [-0.4, -0.2) is 31.0 Å². The molecule has 4 nitrogen and oxygen atoms in total. The lowest BCUT2D eigenvalue weighted by Crippen LogP contribution is -2.41. The van der Waals surface area contributed by atoms with Crippen LogP contribution in [0.15, 0.2) is 18.2 Å². The Morgan fingerprint density at radius 2 is 2.18 bits per heavy atom. The summed E-state index contributed by atoms with van der Waals surface area (Å²) in [6.45, 7) is 0. The first kappa shape index (κ1) is 11.8. The van der Waals surface area contributed by atoms with Gasteiger partial charge < -0.3 is 15.4 Å². The van der Waals surface area contributed by atoms with Gasteiger partial charge in [0.15, 0.2) is 0 Å². The van der Waals surface area contributed by atoms with Gasteiger partial charge in [-0.3, -0.25) is 4.79 Å². The zero-order valence-corrected chi connectivity index (χ0v) is 10.3. The maximum absolute atomic E-state index is 12.3. The molecule has 0 heterocycles. The fraction of sp³-hybridized carbons (Fsp3) is 0.462. The van der Waals surface area contributed by atoms with E-state index < -0.39 is 0 Å². The molecule has 0 aromatic heterocycles. The van der Waals surface area contributed by atoms with Crippen LogP contribution < -0.4 is 10.5 Å². The first-order chi connectivity index (χ1) is 8.13. The van der Waals surface area contributed by atoms with E-state index in [9.17, 15) is 4.79 Å². The average Bonchev–Trinajstić information content (AvgIpc) is 2.25. The number of rotatable bonds is 3. The quantitative estimate of drug-likeness (QED) is 0.813. The number of hydrogen-bond donors (Lipinski definition) is 1. The third-order valence-corrected chi connectivity index (χ3v) is 3.40. The summed E-state index contributed by atoms with van der Waals surface area (Å²) in [6, 6.07) is 5.52. The number of benzene rings is 1. The van der Waals surface area contributed by atoms with Crippen LogP contribution in [-0.2, 0) is 0 Å². The summed E-state index contributed by atoms with van der Waals surface area (Å²) in [5.41, 5.74) is 6.85. The van der Waals surface area contributed by atoms with Crippen molar-refractivity contribution in [1.82, 2.24) is 4.90 Å². The van der Waals surface area contributed by atoms with Crippen LogP contribution in [0.3, 0.4) is 0 Å². The predicted molar refractivity (Wildman–Crippen MR) is 67.1 cm³/mol. The zero-order valence-electron chi connectivity index (χ0n) is 10.3. The molecule has 0 bridgehead atoms. The zero-order chi connectivity index (χ0) is 12.4. The van der Waals surface area contributed by atoms with E-state index >= 15 is 0 Å². The molecule has 92 valence electrons. The molecule has 0 spiro atoms. The molecular weight excluding hydrogens is 216 g/mol. The Labute approximate surface area is 101 Å². The van der Waals surface area contributed by atoms with E-state index in [0.717, 1.165) is 12.8 Å². The Morgan fingerprint density at radius 3 is 2.71 bits per heavy atom. The van der Waals surface area contributed by atoms with E-state index in [1.54, 1.807) is 30.2 Å². The second kappa shape index (κ2) is 4.65. The van der Waals surface area contributed by atoms with Crippen LogP contribution in [0.4, 0.5) is 5.69 Å². The van der Waals surface area contributed by atoms with Gasteiger partial charge in [-0.1, -0.05) is 0 Å². The molecule has 0 unspecified atom stereocenters. The van der Waals surface area contributed by atoms with Gasteiger partial charge in [-0.25, -0.2) is 0 Å². The number of anilines is 1. The fourth-order valence-corrected chi connectivity index (χ4v) is 2.01. The van der Waals surface area contributed by atoms with Crippen LogP contribution in [0, 0.1) is 0 Å². The molecule has 1 aromatic carbocycles. The smallest absolute Gasteiger partial charge is 0.257 e. The standard InChI is InChI=1S/C13H18N2O2/c1-15(10-4-3-5-10)13(16)11-7-6-9(14)8-12(11)17-2/h6-8,10H,3-5,14H2,1-2H3. The minimum Gasteiger partial charge on any atom is -0.496 e. The highest BCUT2D eigenvalue weighted by atomic mass is 16.5. The van der Waals surface area contributed by atoms with Crippen molar-refractivity contribution in [3.05, 3.63) is 23.8 Å². The number of carbonyl (C=O) groups excluding carboxylic acids is 1. The number of methoxy groups -OCH3 is 1. The van der Waals surface area contributed by atoms with E-state index in [0.29, 0.717) is 23.0 Å². The summed E-state index contributed by atoms with van der Waals surface area (Å²) in [6.07, 6.45) is 3.40. The van der Waals surface area contributed by atoms with Gasteiger partial charge in [0.1, 0.15) is 5.75 Å². The van der Waals surface area contributed by atoms with E-state index in [4.69, 9.17) is 10.5 Å². The van der Waals surface area contributed by atoms with Crippen LogP contribution in [0.5, 0.6) is 5.75 Å². The van der Waals surface area contributed by atoms with Crippen molar-refractivity contribution in [1.29, 1.82) is 0 Å². The van der Waals surface area contributed by atoms with Crippen molar-refractivity contribution in [3.8, 4) is 5.75 Å². The number of hydrogen-bond acceptors (Lipinski definition) is 3. The van der Waals surface area contributed by atoms with Crippen molar-refractivity contribution in [2.75, 3.05) is 19.9 Å². The normalized spacial score (nSPS) is 15.2. The molecule has 0 radical (unpaired) electrons. The average molecular weight is 234 g/mol. The second-order valence-electron chi connectivity index (χ2n) is 4.46. The topological polar surface area (TPSA) is 55.6 Å². The molecule has 0 atom stereocenters. The van der Waals surface area contributed by atoms with Crippen LogP contribution in [0.2, 0.25) is 0 Å². The summed E-state index contributed by atoms with van der Waals surface area (Å²) < 4.78 is 5.20. The maximum atomic E-state index is 12.3. The van der Waals surface area contributed by atoms with Gasteiger partial charge in [0.2, 0.25) is 0 Å². The van der Waals surface area contributed by atoms with Crippen LogP contribution in [0.1, 0.15) is 29.6 Å². The number of nitrogens with zero attached hydrogens (tertiary/aromatic N) is 1. The molecule has 1 aliphatic carbocycles. The van der Waals surface area contributed by atoms with Gasteiger partial charge in [-0.2, -0.15) is 0 Å². The summed E-state index contributed by atoms with van der Waals surface area (Å²) in [4.78, 5) is 14.1. The van der Waals surface area contributed by atoms with Gasteiger partial charge in [-0.15, -0.1) is 0 Å². The van der Waals surface area contributed by atoms with Gasteiger partial charge in [0, 0.05) is 24.8 Å². The molecule has 2 N–H and O–H groups in total. The number of nitrogens with two attached hydrogens (primary N) is 1. The first-order valence-electron chi connectivity index (χ1n) is 5.84. The van der Waals surface area contributed by atoms with Crippen molar-refractivity contribution >= 4 is 11.6 Å². The molecule has 4 heteroatoms. The van der Waals surface area contributed by atoms with Gasteiger partial charge >= 0.3 is 0 Å². The highest BCUT2D eigenvalue weighted by Crippen LogP contribution is 2.28. The molecule has 1 aromatic rings. The molecule has 1 aliphatic rings. The van der Waals surface area contributed by atoms with Gasteiger partial charge in [0.05, 0.1) is 12.7 Å². The SMILES string of the molecule is COc1cc(N)ccc1C(=O)N(C)C1CCC1. The van der Waals surface area contributed by atoms with Crippen LogP contribution in [0.25, 0.3) is 0 Å². The maximum Gasteiger partial charge on any atom is 0.257 e. The first-order valence-corrected chi connectivity index (χ1v) is 5.84. The lowest BCUT2D eigenvalue weighted by Gasteiger charge is -2.35. The summed E-state index contributed by atoms with van der Waals surface area (Å²) in [5, 5.41) is 0. The summed E-state index contributed by atoms with van der Waals surface area (Å²) in [7, 11) is 3.40. The molecule has 1 saturated carbocycles.